The second-order valence-corrected chi connectivity index (χ2v) is 5.50. The summed E-state index contributed by atoms with van der Waals surface area (Å²) in [5.41, 5.74) is 0. The molecule has 0 bridgehead atoms. The first-order chi connectivity index (χ1) is 9.10. The number of carbonyl (C=O) groups is 2. The van der Waals surface area contributed by atoms with E-state index < -0.39 is 11.9 Å². The highest BCUT2D eigenvalue weighted by molar-refractivity contribution is 5.77. The zero-order valence-corrected chi connectivity index (χ0v) is 11.5. The van der Waals surface area contributed by atoms with Gasteiger partial charge in [0.25, 0.3) is 0 Å². The molecule has 2 fully saturated rings. The third-order valence-electron chi connectivity index (χ3n) is 4.18. The predicted octanol–water partition coefficient (Wildman–Crippen LogP) is 0.444. The summed E-state index contributed by atoms with van der Waals surface area (Å²) in [6.45, 7) is 6.97. The van der Waals surface area contributed by atoms with Crippen molar-refractivity contribution in [2.45, 2.75) is 19.8 Å². The van der Waals surface area contributed by atoms with Gasteiger partial charge in [0, 0.05) is 26.2 Å². The van der Waals surface area contributed by atoms with Crippen LogP contribution in [-0.2, 0) is 4.79 Å². The zero-order chi connectivity index (χ0) is 13.8. The van der Waals surface area contributed by atoms with E-state index in [1.165, 1.54) is 0 Å². The number of nitrogens with zero attached hydrogens (tertiary/aromatic N) is 2. The highest BCUT2D eigenvalue weighted by atomic mass is 16.4. The molecule has 2 atom stereocenters. The molecule has 2 amide bonds. The second-order valence-electron chi connectivity index (χ2n) is 5.50. The predicted molar refractivity (Wildman–Crippen MR) is 70.9 cm³/mol. The molecule has 6 nitrogen and oxygen atoms in total. The van der Waals surface area contributed by atoms with Gasteiger partial charge in [-0.2, -0.15) is 0 Å². The van der Waals surface area contributed by atoms with Crippen molar-refractivity contribution in [3.8, 4) is 0 Å². The number of carboxylic acids is 1. The van der Waals surface area contributed by atoms with E-state index in [1.54, 1.807) is 4.90 Å². The quantitative estimate of drug-likeness (QED) is 0.777. The average molecular weight is 269 g/mol. The van der Waals surface area contributed by atoms with Crippen LogP contribution in [0.25, 0.3) is 0 Å². The third-order valence-corrected chi connectivity index (χ3v) is 4.18. The van der Waals surface area contributed by atoms with Gasteiger partial charge >= 0.3 is 12.0 Å². The van der Waals surface area contributed by atoms with E-state index in [1.807, 2.05) is 0 Å². The SMILES string of the molecule is CCN1CCC(CNC(=O)N2CCC(C(=O)O)C2)C1. The maximum Gasteiger partial charge on any atom is 0.317 e. The fraction of sp³-hybridized carbons (Fsp3) is 0.846. The molecular weight excluding hydrogens is 246 g/mol. The van der Waals surface area contributed by atoms with Crippen molar-refractivity contribution in [1.82, 2.24) is 15.1 Å². The van der Waals surface area contributed by atoms with Crippen LogP contribution >= 0.6 is 0 Å². The Morgan fingerprint density at radius 3 is 2.63 bits per heavy atom. The fourth-order valence-corrected chi connectivity index (χ4v) is 2.86. The maximum atomic E-state index is 11.9. The fourth-order valence-electron chi connectivity index (χ4n) is 2.86. The van der Waals surface area contributed by atoms with E-state index in [0.717, 1.165) is 26.1 Å². The molecule has 2 heterocycles. The van der Waals surface area contributed by atoms with Crippen LogP contribution in [0.5, 0.6) is 0 Å². The van der Waals surface area contributed by atoms with E-state index in [4.69, 9.17) is 5.11 Å². The minimum absolute atomic E-state index is 0.112. The lowest BCUT2D eigenvalue weighted by Crippen LogP contribution is -2.41. The summed E-state index contributed by atoms with van der Waals surface area (Å²) in [7, 11) is 0. The van der Waals surface area contributed by atoms with Gasteiger partial charge in [-0.25, -0.2) is 4.79 Å². The lowest BCUT2D eigenvalue weighted by Gasteiger charge is -2.19. The van der Waals surface area contributed by atoms with Gasteiger partial charge in [0.15, 0.2) is 0 Å². The number of carbonyl (C=O) groups excluding carboxylic acids is 1. The highest BCUT2D eigenvalue weighted by Crippen LogP contribution is 2.17. The largest absolute Gasteiger partial charge is 0.481 e. The normalized spacial score (nSPS) is 27.7. The monoisotopic (exact) mass is 269 g/mol. The Bertz CT molecular complexity index is 348. The van der Waals surface area contributed by atoms with Crippen LogP contribution < -0.4 is 5.32 Å². The van der Waals surface area contributed by atoms with Gasteiger partial charge in [0.2, 0.25) is 0 Å². The van der Waals surface area contributed by atoms with Crippen LogP contribution in [0.4, 0.5) is 4.79 Å². The molecule has 0 spiro atoms. The van der Waals surface area contributed by atoms with E-state index in [0.29, 0.717) is 32.0 Å². The lowest BCUT2D eigenvalue weighted by molar-refractivity contribution is -0.141. The molecule has 2 N–H and O–H groups in total. The average Bonchev–Trinajstić information content (AvgIpc) is 3.04. The Morgan fingerprint density at radius 2 is 2.05 bits per heavy atom. The van der Waals surface area contributed by atoms with Crippen LogP contribution in [0.2, 0.25) is 0 Å². The number of urea groups is 1. The van der Waals surface area contributed by atoms with E-state index in [9.17, 15) is 9.59 Å². The molecule has 0 aliphatic carbocycles. The van der Waals surface area contributed by atoms with Crippen molar-refractivity contribution in [3.63, 3.8) is 0 Å². The van der Waals surface area contributed by atoms with Crippen LogP contribution in [0.1, 0.15) is 19.8 Å². The molecule has 2 aliphatic rings. The summed E-state index contributed by atoms with van der Waals surface area (Å²) in [4.78, 5) is 26.8. The van der Waals surface area contributed by atoms with Gasteiger partial charge < -0.3 is 20.2 Å². The molecule has 2 aliphatic heterocycles. The molecule has 2 unspecified atom stereocenters. The second kappa shape index (κ2) is 6.23. The Morgan fingerprint density at radius 1 is 1.26 bits per heavy atom. The molecular formula is C13H23N3O3. The van der Waals surface area contributed by atoms with Gasteiger partial charge in [-0.3, -0.25) is 4.79 Å². The standard InChI is InChI=1S/C13H23N3O3/c1-2-15-5-3-10(8-15)7-14-13(19)16-6-4-11(9-16)12(17)18/h10-11H,2-9H2,1H3,(H,14,19)(H,17,18). The van der Waals surface area contributed by atoms with E-state index in [2.05, 4.69) is 17.1 Å². The molecule has 0 aromatic heterocycles. The molecule has 6 heteroatoms. The summed E-state index contributed by atoms with van der Waals surface area (Å²) in [6, 6.07) is -0.112. The van der Waals surface area contributed by atoms with E-state index in [-0.39, 0.29) is 6.03 Å². The van der Waals surface area contributed by atoms with Crippen molar-refractivity contribution >= 4 is 12.0 Å². The maximum absolute atomic E-state index is 11.9. The van der Waals surface area contributed by atoms with Crippen molar-refractivity contribution < 1.29 is 14.7 Å². The number of likely N-dealkylation sites (tertiary alicyclic amines) is 2. The number of rotatable bonds is 4. The third kappa shape index (κ3) is 3.59. The first kappa shape index (κ1) is 14.1. The molecule has 0 saturated carbocycles. The zero-order valence-electron chi connectivity index (χ0n) is 11.5. The summed E-state index contributed by atoms with van der Waals surface area (Å²) in [5.74, 6) is -0.667. The van der Waals surface area contributed by atoms with Crippen molar-refractivity contribution in [3.05, 3.63) is 0 Å². The number of carboxylic acid groups (broad SMARTS) is 1. The minimum atomic E-state index is -0.801. The molecule has 19 heavy (non-hydrogen) atoms. The van der Waals surface area contributed by atoms with Gasteiger partial charge in [-0.1, -0.05) is 6.92 Å². The molecule has 0 radical (unpaired) electrons. The van der Waals surface area contributed by atoms with Gasteiger partial charge in [-0.15, -0.1) is 0 Å². The van der Waals surface area contributed by atoms with Crippen LogP contribution in [-0.4, -0.2) is 66.2 Å². The molecule has 108 valence electrons. The molecule has 0 aromatic carbocycles. The van der Waals surface area contributed by atoms with Crippen LogP contribution in [0.15, 0.2) is 0 Å². The topological polar surface area (TPSA) is 72.9 Å². The summed E-state index contributed by atoms with van der Waals surface area (Å²) in [5, 5.41) is 11.8. The van der Waals surface area contributed by atoms with Crippen molar-refractivity contribution in [2.75, 3.05) is 39.3 Å². The summed E-state index contributed by atoms with van der Waals surface area (Å²) in [6.07, 6.45) is 1.70. The Hall–Kier alpha value is -1.30. The van der Waals surface area contributed by atoms with Gasteiger partial charge in [0.1, 0.15) is 0 Å². The first-order valence-electron chi connectivity index (χ1n) is 7.08. The summed E-state index contributed by atoms with van der Waals surface area (Å²) < 4.78 is 0. The molecule has 2 saturated heterocycles. The Kier molecular flexibility index (Phi) is 4.63. The summed E-state index contributed by atoms with van der Waals surface area (Å²) >= 11 is 0. The lowest BCUT2D eigenvalue weighted by atomic mass is 10.1. The van der Waals surface area contributed by atoms with Crippen molar-refractivity contribution in [1.29, 1.82) is 0 Å². The minimum Gasteiger partial charge on any atom is -0.481 e. The smallest absolute Gasteiger partial charge is 0.317 e. The van der Waals surface area contributed by atoms with Crippen LogP contribution in [0.3, 0.4) is 0 Å². The number of aliphatic carboxylic acids is 1. The van der Waals surface area contributed by atoms with E-state index >= 15 is 0 Å². The first-order valence-corrected chi connectivity index (χ1v) is 7.08. The number of amides is 2. The van der Waals surface area contributed by atoms with Gasteiger partial charge in [0.05, 0.1) is 5.92 Å². The Labute approximate surface area is 113 Å². The van der Waals surface area contributed by atoms with Gasteiger partial charge in [-0.05, 0) is 31.8 Å². The number of hydrogen-bond donors (Lipinski definition) is 2. The molecule has 2 rings (SSSR count). The number of nitrogens with one attached hydrogen (secondary N) is 1. The number of hydrogen-bond acceptors (Lipinski definition) is 3. The van der Waals surface area contributed by atoms with Crippen LogP contribution in [0, 0.1) is 11.8 Å². The highest BCUT2D eigenvalue weighted by Gasteiger charge is 2.31. The molecule has 0 aromatic rings. The Balaban J connectivity index is 1.69. The van der Waals surface area contributed by atoms with Crippen molar-refractivity contribution in [2.24, 2.45) is 11.8 Å².